The largest absolute Gasteiger partial charge is 0.462 e. The molecular weight excluding hydrogens is 707 g/mol. The summed E-state index contributed by atoms with van der Waals surface area (Å²) in [6.07, 6.45) is 52.0. The normalized spacial score (nSPS) is 13.6. The minimum atomic E-state index is -0.791. The zero-order chi connectivity index (χ0) is 41.7. The fourth-order valence-electron chi connectivity index (χ4n) is 7.42. The predicted octanol–water partition coefficient (Wildman–Crippen LogP) is 14.5. The maximum atomic E-state index is 13.1. The molecule has 0 bridgehead atoms. The molecular formula is C51H95NO5. The molecule has 0 aromatic carbocycles. The second kappa shape index (κ2) is 45.2. The van der Waals surface area contributed by atoms with Gasteiger partial charge in [-0.3, -0.25) is 9.59 Å². The van der Waals surface area contributed by atoms with Gasteiger partial charge in [-0.2, -0.15) is 0 Å². The van der Waals surface area contributed by atoms with E-state index in [1.165, 1.54) is 122 Å². The van der Waals surface area contributed by atoms with E-state index in [0.717, 1.165) is 83.5 Å². The molecule has 0 aliphatic carbocycles. The van der Waals surface area contributed by atoms with E-state index in [4.69, 9.17) is 4.74 Å². The first-order chi connectivity index (χ1) is 28.0. The first-order valence-corrected chi connectivity index (χ1v) is 24.7. The van der Waals surface area contributed by atoms with Gasteiger partial charge >= 0.3 is 5.97 Å². The fourth-order valence-corrected chi connectivity index (χ4v) is 7.42. The van der Waals surface area contributed by atoms with Crippen LogP contribution in [-0.2, 0) is 14.3 Å². The van der Waals surface area contributed by atoms with E-state index < -0.39 is 18.2 Å². The molecule has 3 N–H and O–H groups in total. The van der Waals surface area contributed by atoms with Crippen molar-refractivity contribution >= 4 is 11.9 Å². The summed E-state index contributed by atoms with van der Waals surface area (Å²) >= 11 is 0. The monoisotopic (exact) mass is 802 g/mol. The van der Waals surface area contributed by atoms with Gasteiger partial charge in [0.25, 0.3) is 0 Å². The molecule has 6 nitrogen and oxygen atoms in total. The Morgan fingerprint density at radius 1 is 0.509 bits per heavy atom. The van der Waals surface area contributed by atoms with E-state index in [1.54, 1.807) is 0 Å². The van der Waals surface area contributed by atoms with E-state index in [9.17, 15) is 19.8 Å². The highest BCUT2D eigenvalue weighted by molar-refractivity contribution is 5.77. The van der Waals surface area contributed by atoms with Crippen LogP contribution in [-0.4, -0.2) is 46.9 Å². The number of carbonyl (C=O) groups is 2. The minimum Gasteiger partial charge on any atom is -0.462 e. The lowest BCUT2D eigenvalue weighted by Gasteiger charge is -2.24. The second-order valence-corrected chi connectivity index (χ2v) is 16.9. The van der Waals surface area contributed by atoms with Gasteiger partial charge < -0.3 is 20.3 Å². The van der Waals surface area contributed by atoms with Crippen molar-refractivity contribution in [3.8, 4) is 0 Å². The summed E-state index contributed by atoms with van der Waals surface area (Å²) in [6, 6.07) is -0.706. The molecule has 0 saturated carbocycles. The summed E-state index contributed by atoms with van der Waals surface area (Å²) in [5, 5.41) is 23.6. The molecule has 0 heterocycles. The van der Waals surface area contributed by atoms with E-state index >= 15 is 0 Å². The fraction of sp³-hybridized carbons (Fsp3) is 0.843. The third-order valence-corrected chi connectivity index (χ3v) is 11.2. The smallest absolute Gasteiger partial charge is 0.306 e. The van der Waals surface area contributed by atoms with E-state index in [1.807, 2.05) is 0 Å². The number of aliphatic hydroxyl groups excluding tert-OH is 2. The van der Waals surface area contributed by atoms with Crippen molar-refractivity contribution < 1.29 is 24.5 Å². The molecule has 1 amide bonds. The molecule has 57 heavy (non-hydrogen) atoms. The van der Waals surface area contributed by atoms with Crippen LogP contribution in [0.4, 0.5) is 0 Å². The number of ether oxygens (including phenoxy) is 1. The molecule has 3 unspecified atom stereocenters. The van der Waals surface area contributed by atoms with Crippen molar-refractivity contribution in [1.82, 2.24) is 5.32 Å². The number of amides is 1. The zero-order valence-electron chi connectivity index (χ0n) is 38.0. The highest BCUT2D eigenvalue weighted by Crippen LogP contribution is 2.17. The average Bonchev–Trinajstić information content (AvgIpc) is 3.20. The van der Waals surface area contributed by atoms with Crippen LogP contribution in [0.3, 0.4) is 0 Å². The third kappa shape index (κ3) is 40.6. The van der Waals surface area contributed by atoms with Crippen molar-refractivity contribution in [2.24, 2.45) is 0 Å². The maximum absolute atomic E-state index is 13.1. The second-order valence-electron chi connectivity index (χ2n) is 16.9. The molecule has 0 aliphatic heterocycles. The lowest BCUT2D eigenvalue weighted by molar-refractivity contribution is -0.151. The SMILES string of the molecule is CCCCC/C=C/C=C/CCCCCCC(CC(=O)NC(CO)C(O)CCCCCCCCCCC)OC(=O)CCCCCCC/C=C/CCCCCCCCC. The van der Waals surface area contributed by atoms with E-state index in [-0.39, 0.29) is 24.9 Å². The highest BCUT2D eigenvalue weighted by Gasteiger charge is 2.24. The van der Waals surface area contributed by atoms with Crippen LogP contribution in [0, 0.1) is 0 Å². The van der Waals surface area contributed by atoms with Crippen LogP contribution < -0.4 is 5.32 Å². The Bertz CT molecular complexity index is 946. The van der Waals surface area contributed by atoms with Gasteiger partial charge in [0.15, 0.2) is 0 Å². The molecule has 3 atom stereocenters. The van der Waals surface area contributed by atoms with Gasteiger partial charge in [0, 0.05) is 6.42 Å². The number of esters is 1. The number of nitrogens with one attached hydrogen (secondary N) is 1. The molecule has 0 fully saturated rings. The lowest BCUT2D eigenvalue weighted by atomic mass is 10.0. The molecule has 0 radical (unpaired) electrons. The van der Waals surface area contributed by atoms with Crippen LogP contribution in [0.15, 0.2) is 36.5 Å². The predicted molar refractivity (Wildman–Crippen MR) is 246 cm³/mol. The van der Waals surface area contributed by atoms with Crippen LogP contribution >= 0.6 is 0 Å². The number of unbranched alkanes of at least 4 members (excludes halogenated alkanes) is 27. The Morgan fingerprint density at radius 2 is 0.895 bits per heavy atom. The van der Waals surface area contributed by atoms with Crippen molar-refractivity contribution in [1.29, 1.82) is 0 Å². The Kier molecular flexibility index (Phi) is 43.6. The summed E-state index contributed by atoms with van der Waals surface area (Å²) in [5.74, 6) is -0.500. The summed E-state index contributed by atoms with van der Waals surface area (Å²) in [7, 11) is 0. The Labute approximate surface area is 353 Å². The highest BCUT2D eigenvalue weighted by atomic mass is 16.5. The van der Waals surface area contributed by atoms with Crippen molar-refractivity contribution in [3.05, 3.63) is 36.5 Å². The summed E-state index contributed by atoms with van der Waals surface area (Å²) in [6.45, 7) is 6.42. The number of rotatable bonds is 44. The van der Waals surface area contributed by atoms with Gasteiger partial charge in [0.1, 0.15) is 6.10 Å². The number of hydrogen-bond donors (Lipinski definition) is 3. The van der Waals surface area contributed by atoms with Crippen LogP contribution in [0.25, 0.3) is 0 Å². The van der Waals surface area contributed by atoms with Gasteiger partial charge in [0.05, 0.1) is 25.2 Å². The Balaban J connectivity index is 4.60. The first-order valence-electron chi connectivity index (χ1n) is 24.7. The number of aliphatic hydroxyl groups is 2. The average molecular weight is 802 g/mol. The number of allylic oxidation sites excluding steroid dienone is 6. The quantitative estimate of drug-likeness (QED) is 0.0247. The molecule has 0 saturated heterocycles. The van der Waals surface area contributed by atoms with Crippen LogP contribution in [0.2, 0.25) is 0 Å². The molecule has 334 valence electrons. The van der Waals surface area contributed by atoms with Crippen LogP contribution in [0.1, 0.15) is 252 Å². The summed E-state index contributed by atoms with van der Waals surface area (Å²) < 4.78 is 5.91. The minimum absolute atomic E-state index is 0.0623. The van der Waals surface area contributed by atoms with Crippen LogP contribution in [0.5, 0.6) is 0 Å². The van der Waals surface area contributed by atoms with Crippen molar-refractivity contribution in [2.45, 2.75) is 270 Å². The summed E-state index contributed by atoms with van der Waals surface area (Å²) in [5.41, 5.74) is 0. The van der Waals surface area contributed by atoms with E-state index in [0.29, 0.717) is 19.3 Å². The van der Waals surface area contributed by atoms with Gasteiger partial charge in [-0.05, 0) is 77.0 Å². The molecule has 0 spiro atoms. The van der Waals surface area contributed by atoms with Gasteiger partial charge in [-0.1, -0.05) is 198 Å². The Morgan fingerprint density at radius 3 is 1.39 bits per heavy atom. The molecule has 0 aliphatic rings. The number of hydrogen-bond acceptors (Lipinski definition) is 5. The van der Waals surface area contributed by atoms with Crippen molar-refractivity contribution in [3.63, 3.8) is 0 Å². The first kappa shape index (κ1) is 55.1. The molecule has 6 heteroatoms. The summed E-state index contributed by atoms with van der Waals surface area (Å²) in [4.78, 5) is 26.0. The van der Waals surface area contributed by atoms with E-state index in [2.05, 4.69) is 62.5 Å². The molecule has 0 aromatic rings. The van der Waals surface area contributed by atoms with Gasteiger partial charge in [0.2, 0.25) is 5.91 Å². The molecule has 0 rings (SSSR count). The zero-order valence-corrected chi connectivity index (χ0v) is 38.0. The maximum Gasteiger partial charge on any atom is 0.306 e. The van der Waals surface area contributed by atoms with Gasteiger partial charge in [-0.15, -0.1) is 0 Å². The Hall–Kier alpha value is -1.92. The third-order valence-electron chi connectivity index (χ3n) is 11.2. The molecule has 0 aromatic heterocycles. The van der Waals surface area contributed by atoms with Gasteiger partial charge in [-0.25, -0.2) is 0 Å². The number of carbonyl (C=O) groups excluding carboxylic acids is 2. The lowest BCUT2D eigenvalue weighted by Crippen LogP contribution is -2.46. The standard InChI is InChI=1S/C51H95NO5/c1-4-7-10-13-16-19-21-23-24-25-27-29-32-35-38-41-44-51(56)57-47(42-39-36-33-31-28-26-22-20-17-14-11-8-5-2)45-50(55)52-48(46-53)49(54)43-40-37-34-30-18-15-12-9-6-3/h17,20,22,24-26,47-49,53-54H,4-16,18-19,21,23,27-46H2,1-3H3,(H,52,55)/b20-17+,25-24+,26-22+. The topological polar surface area (TPSA) is 95.9 Å². The van der Waals surface area contributed by atoms with Crippen molar-refractivity contribution in [2.75, 3.05) is 6.61 Å².